The van der Waals surface area contributed by atoms with Gasteiger partial charge in [-0.25, -0.2) is 0 Å². The summed E-state index contributed by atoms with van der Waals surface area (Å²) in [5, 5.41) is 43.5. The number of aliphatic carboxylic acids is 1. The molecule has 0 aliphatic rings. The molecule has 0 aromatic heterocycles. The molecule has 0 aliphatic carbocycles. The molecule has 13 heavy (non-hydrogen) atoms. The summed E-state index contributed by atoms with van der Waals surface area (Å²) in [5.41, 5.74) is 4.95. The van der Waals surface area contributed by atoms with Crippen molar-refractivity contribution in [3.8, 4) is 0 Å². The van der Waals surface area contributed by atoms with E-state index in [2.05, 4.69) is 0 Å². The number of hydrogen-bond donors (Lipinski definition) is 6. The first-order chi connectivity index (χ1) is 5.91. The van der Waals surface area contributed by atoms with Gasteiger partial charge in [0.25, 0.3) is 0 Å². The van der Waals surface area contributed by atoms with E-state index in [1.165, 1.54) is 0 Å². The minimum Gasteiger partial charge on any atom is -0.480 e. The fraction of sp³-hybridized carbons (Fsp3) is 0.833. The molecule has 0 unspecified atom stereocenters. The van der Waals surface area contributed by atoms with Crippen LogP contribution >= 0.6 is 0 Å². The normalized spacial score (nSPS) is 20.4. The number of carbonyl (C=O) groups is 1. The molecular weight excluding hydrogens is 182 g/mol. The third-order valence-corrected chi connectivity index (χ3v) is 1.58. The van der Waals surface area contributed by atoms with E-state index in [1.54, 1.807) is 0 Å². The number of rotatable bonds is 5. The van der Waals surface area contributed by atoms with Crippen LogP contribution in [-0.4, -0.2) is 62.5 Å². The van der Waals surface area contributed by atoms with Gasteiger partial charge >= 0.3 is 5.97 Å². The summed E-state index contributed by atoms with van der Waals surface area (Å²) in [6.45, 7) is -0.787. The summed E-state index contributed by atoms with van der Waals surface area (Å²) in [4.78, 5) is 10.2. The maximum atomic E-state index is 10.2. The number of carboxylic acids is 1. The highest BCUT2D eigenvalue weighted by Gasteiger charge is 2.32. The zero-order chi connectivity index (χ0) is 10.6. The molecule has 0 radical (unpaired) electrons. The highest BCUT2D eigenvalue weighted by Crippen LogP contribution is 2.03. The fourth-order valence-corrected chi connectivity index (χ4v) is 0.694. The van der Waals surface area contributed by atoms with Crippen molar-refractivity contribution >= 4 is 5.97 Å². The lowest BCUT2D eigenvalue weighted by atomic mass is 10.0. The van der Waals surface area contributed by atoms with E-state index < -0.39 is 36.9 Å². The van der Waals surface area contributed by atoms with E-state index in [0.717, 1.165) is 0 Å². The van der Waals surface area contributed by atoms with Crippen LogP contribution in [0.15, 0.2) is 0 Å². The van der Waals surface area contributed by atoms with E-state index in [-0.39, 0.29) is 0 Å². The lowest BCUT2D eigenvalue weighted by Crippen LogP contribution is -2.52. The molecule has 0 saturated heterocycles. The second-order valence-corrected chi connectivity index (χ2v) is 2.60. The molecule has 0 spiro atoms. The van der Waals surface area contributed by atoms with E-state index >= 15 is 0 Å². The van der Waals surface area contributed by atoms with Crippen LogP contribution in [0.2, 0.25) is 0 Å². The van der Waals surface area contributed by atoms with E-state index in [9.17, 15) is 4.79 Å². The van der Waals surface area contributed by atoms with Crippen molar-refractivity contribution in [3.05, 3.63) is 0 Å². The summed E-state index contributed by atoms with van der Waals surface area (Å²) in [5.74, 6) is -1.50. The van der Waals surface area contributed by atoms with Gasteiger partial charge in [-0.1, -0.05) is 0 Å². The van der Waals surface area contributed by atoms with Crippen LogP contribution in [0, 0.1) is 0 Å². The monoisotopic (exact) mass is 195 g/mol. The van der Waals surface area contributed by atoms with Crippen LogP contribution < -0.4 is 5.73 Å². The van der Waals surface area contributed by atoms with E-state index in [4.69, 9.17) is 31.3 Å². The highest BCUT2D eigenvalue weighted by molar-refractivity contribution is 5.74. The fourth-order valence-electron chi connectivity index (χ4n) is 0.694. The Kier molecular flexibility index (Phi) is 4.81. The lowest BCUT2D eigenvalue weighted by Gasteiger charge is -2.23. The number of aliphatic hydroxyl groups excluding tert-OH is 4. The molecule has 0 aromatic carbocycles. The zero-order valence-electron chi connectivity index (χ0n) is 6.74. The predicted molar refractivity (Wildman–Crippen MR) is 40.7 cm³/mol. The van der Waals surface area contributed by atoms with Gasteiger partial charge in [0, 0.05) is 0 Å². The number of hydrogen-bond acceptors (Lipinski definition) is 6. The van der Waals surface area contributed by atoms with Crippen molar-refractivity contribution in [1.29, 1.82) is 0 Å². The first kappa shape index (κ1) is 12.3. The van der Waals surface area contributed by atoms with Crippen LogP contribution in [0.3, 0.4) is 0 Å². The standard InChI is InChI=1S/C6H13NO6/c7-3(6(12)13)5(11)4(10)2(9)1-8/h2-5,8-11H,1,7H2,(H,12,13)/t2-,3-,4+,5-/m0/s1. The van der Waals surface area contributed by atoms with Gasteiger partial charge in [-0.3, -0.25) is 4.79 Å². The maximum absolute atomic E-state index is 10.2. The van der Waals surface area contributed by atoms with E-state index in [1.807, 2.05) is 0 Å². The highest BCUT2D eigenvalue weighted by atomic mass is 16.4. The van der Waals surface area contributed by atoms with Crippen molar-refractivity contribution < 1.29 is 30.3 Å². The second-order valence-electron chi connectivity index (χ2n) is 2.60. The van der Waals surface area contributed by atoms with Gasteiger partial charge in [0.15, 0.2) is 0 Å². The van der Waals surface area contributed by atoms with Crippen molar-refractivity contribution in [2.24, 2.45) is 5.73 Å². The smallest absolute Gasteiger partial charge is 0.323 e. The molecule has 0 rings (SSSR count). The largest absolute Gasteiger partial charge is 0.480 e. The average Bonchev–Trinajstić information content (AvgIpc) is 2.12. The third-order valence-electron chi connectivity index (χ3n) is 1.58. The molecule has 0 bridgehead atoms. The van der Waals surface area contributed by atoms with Crippen LogP contribution in [0.25, 0.3) is 0 Å². The van der Waals surface area contributed by atoms with Crippen LogP contribution in [-0.2, 0) is 4.79 Å². The van der Waals surface area contributed by atoms with Gasteiger partial charge < -0.3 is 31.3 Å². The Morgan fingerprint density at radius 2 is 1.69 bits per heavy atom. The van der Waals surface area contributed by atoms with Gasteiger partial charge in [0.2, 0.25) is 0 Å². The van der Waals surface area contributed by atoms with Gasteiger partial charge in [0.05, 0.1) is 6.61 Å². The predicted octanol–water partition coefficient (Wildman–Crippen LogP) is -3.53. The Labute approximate surface area is 74.0 Å². The first-order valence-electron chi connectivity index (χ1n) is 3.55. The molecule has 7 N–H and O–H groups in total. The topological polar surface area (TPSA) is 144 Å². The first-order valence-corrected chi connectivity index (χ1v) is 3.55. The minimum atomic E-state index is -1.82. The molecule has 4 atom stereocenters. The third kappa shape index (κ3) is 3.25. The molecule has 0 aromatic rings. The molecule has 0 heterocycles. The number of carboxylic acid groups (broad SMARTS) is 1. The number of nitrogens with two attached hydrogens (primary N) is 1. The summed E-state index contributed by atoms with van der Waals surface area (Å²) < 4.78 is 0. The van der Waals surface area contributed by atoms with Gasteiger partial charge in [-0.05, 0) is 0 Å². The number of aliphatic hydroxyl groups is 4. The van der Waals surface area contributed by atoms with Crippen LogP contribution in [0.4, 0.5) is 0 Å². The van der Waals surface area contributed by atoms with Gasteiger partial charge in [0.1, 0.15) is 24.4 Å². The molecular formula is C6H13NO6. The second kappa shape index (κ2) is 5.10. The van der Waals surface area contributed by atoms with Crippen molar-refractivity contribution in [2.75, 3.05) is 6.61 Å². The molecule has 7 nitrogen and oxygen atoms in total. The van der Waals surface area contributed by atoms with Gasteiger partial charge in [-0.15, -0.1) is 0 Å². The molecule has 7 heteroatoms. The molecule has 0 amide bonds. The Morgan fingerprint density at radius 3 is 2.00 bits per heavy atom. The zero-order valence-corrected chi connectivity index (χ0v) is 6.74. The minimum absolute atomic E-state index is 0.787. The molecule has 0 fully saturated rings. The van der Waals surface area contributed by atoms with Crippen LogP contribution in [0.1, 0.15) is 0 Å². The maximum Gasteiger partial charge on any atom is 0.323 e. The van der Waals surface area contributed by atoms with Crippen molar-refractivity contribution in [3.63, 3.8) is 0 Å². The quantitative estimate of drug-likeness (QED) is 0.266. The van der Waals surface area contributed by atoms with Crippen molar-refractivity contribution in [2.45, 2.75) is 24.4 Å². The Morgan fingerprint density at radius 1 is 1.23 bits per heavy atom. The summed E-state index contributed by atoms with van der Waals surface area (Å²) >= 11 is 0. The van der Waals surface area contributed by atoms with Crippen LogP contribution in [0.5, 0.6) is 0 Å². The Bertz CT molecular complexity index is 175. The Hall–Kier alpha value is -0.730. The van der Waals surface area contributed by atoms with Gasteiger partial charge in [-0.2, -0.15) is 0 Å². The molecule has 78 valence electrons. The molecule has 0 saturated carbocycles. The average molecular weight is 195 g/mol. The summed E-state index contributed by atoms with van der Waals surface area (Å²) in [6, 6.07) is -1.70. The Balaban J connectivity index is 4.24. The van der Waals surface area contributed by atoms with Crippen molar-refractivity contribution in [1.82, 2.24) is 0 Å². The summed E-state index contributed by atoms with van der Waals surface area (Å²) in [7, 11) is 0. The lowest BCUT2D eigenvalue weighted by molar-refractivity contribution is -0.146. The SMILES string of the molecule is N[C@H](C(=O)O)[C@H](O)[C@H](O)[C@@H](O)CO. The summed E-state index contributed by atoms with van der Waals surface area (Å²) in [6.07, 6.45) is -5.21. The van der Waals surface area contributed by atoms with E-state index in [0.29, 0.717) is 0 Å². The molecule has 0 aliphatic heterocycles.